The molecule has 1 heterocycles. The molecule has 0 radical (unpaired) electrons. The van der Waals surface area contributed by atoms with E-state index in [4.69, 9.17) is 0 Å². The SMILES string of the molecule is CSc1cn[nH]c1NS(=O)(=O)c1cccc(Br)c1F. The number of H-pyrrole nitrogens is 1. The molecule has 0 saturated heterocycles. The maximum Gasteiger partial charge on any atom is 0.266 e. The number of thioether (sulfide) groups is 1. The minimum absolute atomic E-state index is 0.0880. The summed E-state index contributed by atoms with van der Waals surface area (Å²) in [5, 5.41) is 6.26. The van der Waals surface area contributed by atoms with Crippen molar-refractivity contribution in [1.82, 2.24) is 10.2 Å². The van der Waals surface area contributed by atoms with E-state index in [2.05, 4.69) is 30.8 Å². The second-order valence-corrected chi connectivity index (χ2v) is 6.82. The van der Waals surface area contributed by atoms with Crippen molar-refractivity contribution >= 4 is 43.5 Å². The Labute approximate surface area is 122 Å². The van der Waals surface area contributed by atoms with Crippen LogP contribution in [0, 0.1) is 5.82 Å². The summed E-state index contributed by atoms with van der Waals surface area (Å²) in [5.74, 6) is -0.618. The van der Waals surface area contributed by atoms with Gasteiger partial charge in [0.2, 0.25) is 0 Å². The summed E-state index contributed by atoms with van der Waals surface area (Å²) in [4.78, 5) is 0.197. The van der Waals surface area contributed by atoms with Gasteiger partial charge in [-0.2, -0.15) is 5.10 Å². The highest BCUT2D eigenvalue weighted by molar-refractivity contribution is 9.10. The molecule has 0 fully saturated rings. The molecule has 19 heavy (non-hydrogen) atoms. The molecule has 0 amide bonds. The first-order valence-electron chi connectivity index (χ1n) is 5.00. The van der Waals surface area contributed by atoms with Gasteiger partial charge in [-0.05, 0) is 34.3 Å². The van der Waals surface area contributed by atoms with Crippen LogP contribution in [0.2, 0.25) is 0 Å². The van der Waals surface area contributed by atoms with Crippen LogP contribution < -0.4 is 4.72 Å². The van der Waals surface area contributed by atoms with Crippen LogP contribution in [-0.4, -0.2) is 24.9 Å². The summed E-state index contributed by atoms with van der Waals surface area (Å²) in [6.45, 7) is 0. The summed E-state index contributed by atoms with van der Waals surface area (Å²) in [6.07, 6.45) is 3.27. The Kier molecular flexibility index (Phi) is 4.16. The number of hydrogen-bond donors (Lipinski definition) is 2. The highest BCUT2D eigenvalue weighted by Crippen LogP contribution is 2.27. The van der Waals surface area contributed by atoms with Gasteiger partial charge in [0.25, 0.3) is 10.0 Å². The van der Waals surface area contributed by atoms with Crippen LogP contribution in [-0.2, 0) is 10.0 Å². The number of aromatic amines is 1. The Morgan fingerprint density at radius 1 is 1.47 bits per heavy atom. The van der Waals surface area contributed by atoms with E-state index in [1.54, 1.807) is 6.26 Å². The number of aromatic nitrogens is 2. The fourth-order valence-corrected chi connectivity index (χ4v) is 3.54. The van der Waals surface area contributed by atoms with Gasteiger partial charge >= 0.3 is 0 Å². The smallest absolute Gasteiger partial charge is 0.263 e. The summed E-state index contributed by atoms with van der Waals surface area (Å²) in [5.41, 5.74) is 0. The lowest BCUT2D eigenvalue weighted by molar-refractivity contribution is 0.566. The van der Waals surface area contributed by atoms with E-state index in [0.29, 0.717) is 4.90 Å². The van der Waals surface area contributed by atoms with Gasteiger partial charge in [-0.15, -0.1) is 11.8 Å². The first-order chi connectivity index (χ1) is 8.95. The molecule has 0 aliphatic heterocycles. The zero-order valence-electron chi connectivity index (χ0n) is 9.65. The summed E-state index contributed by atoms with van der Waals surface area (Å²) < 4.78 is 40.4. The van der Waals surface area contributed by atoms with Crippen molar-refractivity contribution in [3.05, 3.63) is 34.7 Å². The van der Waals surface area contributed by atoms with E-state index < -0.39 is 20.7 Å². The Morgan fingerprint density at radius 2 is 2.21 bits per heavy atom. The van der Waals surface area contributed by atoms with E-state index in [-0.39, 0.29) is 10.3 Å². The first-order valence-corrected chi connectivity index (χ1v) is 8.50. The number of halogens is 2. The van der Waals surface area contributed by atoms with Crippen LogP contribution in [0.1, 0.15) is 0 Å². The van der Waals surface area contributed by atoms with E-state index in [1.165, 1.54) is 36.2 Å². The minimum atomic E-state index is -4.01. The maximum absolute atomic E-state index is 13.8. The van der Waals surface area contributed by atoms with E-state index in [1.807, 2.05) is 0 Å². The van der Waals surface area contributed by atoms with Crippen molar-refractivity contribution in [3.63, 3.8) is 0 Å². The van der Waals surface area contributed by atoms with Gasteiger partial charge in [-0.3, -0.25) is 9.82 Å². The van der Waals surface area contributed by atoms with Crippen molar-refractivity contribution in [2.75, 3.05) is 11.0 Å². The molecule has 0 aliphatic rings. The van der Waals surface area contributed by atoms with Crippen LogP contribution >= 0.6 is 27.7 Å². The second kappa shape index (κ2) is 5.51. The Bertz CT molecular complexity index is 703. The summed E-state index contributed by atoms with van der Waals surface area (Å²) in [6, 6.07) is 4.07. The molecule has 1 aromatic carbocycles. The lowest BCUT2D eigenvalue weighted by Gasteiger charge is -2.08. The van der Waals surface area contributed by atoms with Gasteiger partial charge in [0.05, 0.1) is 15.6 Å². The largest absolute Gasteiger partial charge is 0.266 e. The number of nitrogens with zero attached hydrogens (tertiary/aromatic N) is 1. The topological polar surface area (TPSA) is 74.8 Å². The highest BCUT2D eigenvalue weighted by Gasteiger charge is 2.22. The molecule has 0 atom stereocenters. The Hall–Kier alpha value is -1.06. The monoisotopic (exact) mass is 365 g/mol. The number of benzene rings is 1. The van der Waals surface area contributed by atoms with Crippen molar-refractivity contribution in [1.29, 1.82) is 0 Å². The third kappa shape index (κ3) is 2.93. The number of hydrogen-bond acceptors (Lipinski definition) is 4. The van der Waals surface area contributed by atoms with Crippen LogP contribution in [0.5, 0.6) is 0 Å². The third-order valence-corrected chi connectivity index (χ3v) is 5.00. The quantitative estimate of drug-likeness (QED) is 0.816. The normalized spacial score (nSPS) is 11.5. The lowest BCUT2D eigenvalue weighted by Crippen LogP contribution is -2.15. The van der Waals surface area contributed by atoms with Gasteiger partial charge in [0.15, 0.2) is 5.82 Å². The predicted molar refractivity (Wildman–Crippen MR) is 75.3 cm³/mol. The average Bonchev–Trinajstić information content (AvgIpc) is 2.78. The standard InChI is InChI=1S/C10H9BrFN3O2S2/c1-18-7-5-13-14-10(7)15-19(16,17)8-4-2-3-6(11)9(8)12/h2-5H,1H3,(H2,13,14,15). The fourth-order valence-electron chi connectivity index (χ4n) is 1.38. The molecular weight excluding hydrogens is 357 g/mol. The molecule has 0 aliphatic carbocycles. The molecule has 1 aromatic heterocycles. The maximum atomic E-state index is 13.8. The molecule has 5 nitrogen and oxygen atoms in total. The van der Waals surface area contributed by atoms with Gasteiger partial charge in [0, 0.05) is 0 Å². The average molecular weight is 366 g/mol. The molecule has 2 rings (SSSR count). The molecule has 0 bridgehead atoms. The molecular formula is C10H9BrFN3O2S2. The molecule has 0 spiro atoms. The van der Waals surface area contributed by atoms with Crippen molar-refractivity contribution in [2.45, 2.75) is 9.79 Å². The fraction of sp³-hybridized carbons (Fsp3) is 0.100. The van der Waals surface area contributed by atoms with Gasteiger partial charge in [-0.25, -0.2) is 12.8 Å². The summed E-state index contributed by atoms with van der Waals surface area (Å²) in [7, 11) is -4.01. The van der Waals surface area contributed by atoms with Crippen LogP contribution in [0.25, 0.3) is 0 Å². The van der Waals surface area contributed by atoms with Gasteiger partial charge in [-0.1, -0.05) is 6.07 Å². The number of sulfonamides is 1. The number of rotatable bonds is 4. The summed E-state index contributed by atoms with van der Waals surface area (Å²) >= 11 is 4.27. The van der Waals surface area contributed by atoms with Crippen LogP contribution in [0.4, 0.5) is 10.2 Å². The van der Waals surface area contributed by atoms with Crippen molar-refractivity contribution in [2.24, 2.45) is 0 Å². The lowest BCUT2D eigenvalue weighted by atomic mass is 10.3. The Morgan fingerprint density at radius 3 is 2.89 bits per heavy atom. The van der Waals surface area contributed by atoms with Crippen molar-refractivity contribution < 1.29 is 12.8 Å². The minimum Gasteiger partial charge on any atom is -0.263 e. The molecule has 2 aromatic rings. The van der Waals surface area contributed by atoms with Gasteiger partial charge < -0.3 is 0 Å². The predicted octanol–water partition coefficient (Wildman–Crippen LogP) is 2.83. The van der Waals surface area contributed by atoms with E-state index in [9.17, 15) is 12.8 Å². The molecule has 102 valence electrons. The number of nitrogens with one attached hydrogen (secondary N) is 2. The zero-order valence-corrected chi connectivity index (χ0v) is 12.9. The highest BCUT2D eigenvalue weighted by atomic mass is 79.9. The third-order valence-electron chi connectivity index (χ3n) is 2.27. The second-order valence-electron chi connectivity index (χ2n) is 3.47. The van der Waals surface area contributed by atoms with Gasteiger partial charge in [0.1, 0.15) is 10.7 Å². The van der Waals surface area contributed by atoms with E-state index in [0.717, 1.165) is 0 Å². The van der Waals surface area contributed by atoms with E-state index >= 15 is 0 Å². The molecule has 0 saturated carbocycles. The van der Waals surface area contributed by atoms with Crippen LogP contribution in [0.3, 0.4) is 0 Å². The first kappa shape index (κ1) is 14.4. The molecule has 0 unspecified atom stereocenters. The van der Waals surface area contributed by atoms with Crippen LogP contribution in [0.15, 0.2) is 38.7 Å². The Balaban J connectivity index is 2.41. The number of anilines is 1. The molecule has 2 N–H and O–H groups in total. The molecule has 9 heteroatoms. The zero-order chi connectivity index (χ0) is 14.0. The van der Waals surface area contributed by atoms with Crippen molar-refractivity contribution in [3.8, 4) is 0 Å².